The lowest BCUT2D eigenvalue weighted by Gasteiger charge is -2.29. The molecule has 0 saturated carbocycles. The summed E-state index contributed by atoms with van der Waals surface area (Å²) in [5, 5.41) is 10.4. The number of aromatic nitrogens is 5. The minimum Gasteiger partial charge on any atom is -0.476 e. The molecule has 9 rings (SSSR count). The molecule has 41 heteroatoms. The van der Waals surface area contributed by atoms with Gasteiger partial charge in [-0.3, -0.25) is 24.1 Å². The number of carboxylic acid groups (broad SMARTS) is 1. The van der Waals surface area contributed by atoms with Gasteiger partial charge in [-0.2, -0.15) is 39.5 Å². The second-order valence-corrected chi connectivity index (χ2v) is 31.0. The van der Waals surface area contributed by atoms with Crippen LogP contribution in [0.5, 0.6) is 0 Å². The van der Waals surface area contributed by atoms with Crippen LogP contribution in [0.3, 0.4) is 0 Å². The summed E-state index contributed by atoms with van der Waals surface area (Å²) < 4.78 is 211. The number of rotatable bonds is 22. The Kier molecular flexibility index (Phi) is 30.8. The molecule has 0 radical (unpaired) electrons. The lowest BCUT2D eigenvalue weighted by Crippen LogP contribution is -2.40. The summed E-state index contributed by atoms with van der Waals surface area (Å²) in [5.41, 5.74) is -5.28. The molecular weight excluding hydrogens is 1640 g/mol. The van der Waals surface area contributed by atoms with Gasteiger partial charge in [0.25, 0.3) is 41.9 Å². The molecule has 0 aliphatic carbocycles. The zero-order valence-electron chi connectivity index (χ0n) is 57.7. The maximum atomic E-state index is 13.7. The molecule has 0 fully saturated rings. The van der Waals surface area contributed by atoms with Crippen molar-refractivity contribution in [2.45, 2.75) is 92.9 Å². The first-order valence-electron chi connectivity index (χ1n) is 30.9. The molecule has 23 nitrogen and oxygen atoms in total. The van der Waals surface area contributed by atoms with E-state index in [2.05, 4.69) is 60.9 Å². The van der Waals surface area contributed by atoms with Crippen molar-refractivity contribution in [2.24, 2.45) is 0 Å². The van der Waals surface area contributed by atoms with Gasteiger partial charge in [0, 0.05) is 69.0 Å². The van der Waals surface area contributed by atoms with Gasteiger partial charge in [-0.15, -0.1) is 0 Å². The summed E-state index contributed by atoms with van der Waals surface area (Å²) in [6.45, 7) is 9.77. The number of para-hydroxylation sites is 1. The quantitative estimate of drug-likeness (QED) is 0.0419. The SMILES string of the molecule is CC(C)N(C(=O)c1ncc(Cl)cc1NS(=O)(=O)c1ccc(Cl)c(C(F)(F)F)c1)c1ccccn1.CC(C)Nc1ccccc1.COCN(c1cc(Cl)cnc1C(=O)N(c1ccccn1)C(C)C)S(=O)(=O)c1ccc(Cl)c(C(F)(F)F)c1.COCN(c1cc(Cl)cnc1C(=O)O)S(=O)(=O)c1ccc(Cl)c(C(F)(F)F)c1. The van der Waals surface area contributed by atoms with Crippen molar-refractivity contribution < 1.29 is 93.7 Å². The fourth-order valence-corrected chi connectivity index (χ4v) is 14.5. The number of amides is 2. The highest BCUT2D eigenvalue weighted by Crippen LogP contribution is 2.41. The largest absolute Gasteiger partial charge is 0.476 e. The molecule has 109 heavy (non-hydrogen) atoms. The van der Waals surface area contributed by atoms with E-state index >= 15 is 0 Å². The number of halogens is 15. The lowest BCUT2D eigenvalue weighted by molar-refractivity contribution is -0.138. The number of benzene rings is 4. The Balaban J connectivity index is 0.000000241. The Hall–Kier alpha value is -8.88. The fourth-order valence-electron chi connectivity index (χ4n) is 9.43. The summed E-state index contributed by atoms with van der Waals surface area (Å²) in [6.07, 6.45) is -8.45. The highest BCUT2D eigenvalue weighted by atomic mass is 35.5. The lowest BCUT2D eigenvalue weighted by atomic mass is 10.2. The van der Waals surface area contributed by atoms with Crippen LogP contribution in [0.1, 0.15) is 89.7 Å². The van der Waals surface area contributed by atoms with Crippen LogP contribution in [0, 0.1) is 0 Å². The third-order valence-corrected chi connectivity index (χ3v) is 20.5. The van der Waals surface area contributed by atoms with Crippen molar-refractivity contribution >= 4 is 152 Å². The van der Waals surface area contributed by atoms with Crippen LogP contribution in [0.4, 0.5) is 73.9 Å². The molecule has 2 amide bonds. The maximum absolute atomic E-state index is 13.7. The van der Waals surface area contributed by atoms with Gasteiger partial charge >= 0.3 is 24.5 Å². The summed E-state index contributed by atoms with van der Waals surface area (Å²) in [7, 11) is -11.7. The third kappa shape index (κ3) is 23.3. The van der Waals surface area contributed by atoms with Gasteiger partial charge in [-0.25, -0.2) is 63.6 Å². The zero-order valence-corrected chi connectivity index (χ0v) is 64.7. The molecular formula is C68H62Cl6F9N11O12S3. The first-order chi connectivity index (χ1) is 50.8. The molecule has 0 aliphatic heterocycles. The van der Waals surface area contributed by atoms with Gasteiger partial charge in [0.2, 0.25) is 0 Å². The van der Waals surface area contributed by atoms with Crippen LogP contribution in [0.25, 0.3) is 0 Å². The second-order valence-electron chi connectivity index (χ2n) is 23.0. The smallest absolute Gasteiger partial charge is 0.417 e. The maximum Gasteiger partial charge on any atom is 0.417 e. The fraction of sp³-hybridized carbons (Fsp3) is 0.235. The molecule has 9 aromatic rings. The predicted octanol–water partition coefficient (Wildman–Crippen LogP) is 17.7. The van der Waals surface area contributed by atoms with E-state index in [0.717, 1.165) is 80.3 Å². The summed E-state index contributed by atoms with van der Waals surface area (Å²) in [4.78, 5) is 58.7. The average molecular weight is 1710 g/mol. The Labute approximate surface area is 649 Å². The third-order valence-electron chi connectivity index (χ3n) is 14.1. The molecule has 0 spiro atoms. The standard InChI is InChI=1S/C23H21Cl2F3N4O4S.C21H17Cl2F3N4O3S.C15H11Cl2F3N2O5S.C9H13N/c1-14(2)32(20-6-4-5-9-29-20)22(33)21-19(10-15(24)12-30-21)31(13-36-3)37(34,35)16-7-8-18(25)17(11-16)23(26,27)28;1-12(2)30(18-5-3-4-8-27-18)20(31)19-17(9-13(22)11-28-19)29-34(32,33)14-6-7-16(23)15(10-14)21(24,25)26;1-27-7-22(12-4-8(16)6-21-13(12)14(23)24)28(25,26)9-2-3-11(17)10(5-9)15(18,19)20;1-8(2)10-9-6-4-3-5-7-9/h4-12,14H,13H2,1-3H3;3-12,29H,1-2H3;2-6H,7H2,1H3,(H,23,24);3-8,10H,1-2H3. The number of carbonyl (C=O) groups excluding carboxylic acids is 2. The average Bonchev–Trinajstić information content (AvgIpc) is 0.764. The Morgan fingerprint density at radius 2 is 0.826 bits per heavy atom. The second kappa shape index (κ2) is 37.7. The molecule has 0 saturated heterocycles. The molecule has 0 bridgehead atoms. The Bertz CT molecular complexity index is 5060. The first kappa shape index (κ1) is 89.0. The number of methoxy groups -OCH3 is 2. The number of anilines is 6. The first-order valence-corrected chi connectivity index (χ1v) is 37.6. The van der Waals surface area contributed by atoms with Gasteiger partial charge in [0.1, 0.15) is 25.1 Å². The van der Waals surface area contributed by atoms with E-state index < -0.39 is 150 Å². The highest BCUT2D eigenvalue weighted by Gasteiger charge is 2.40. The number of pyridine rings is 5. The number of hydrogen-bond acceptors (Lipinski definition) is 17. The van der Waals surface area contributed by atoms with E-state index in [1.54, 1.807) is 64.1 Å². The van der Waals surface area contributed by atoms with Gasteiger partial charge in [-0.05, 0) is 151 Å². The van der Waals surface area contributed by atoms with Crippen molar-refractivity contribution in [1.82, 2.24) is 24.9 Å². The topological polar surface area (TPSA) is 294 Å². The number of ether oxygens (including phenoxy) is 2. The van der Waals surface area contributed by atoms with Crippen molar-refractivity contribution in [3.63, 3.8) is 0 Å². The molecule has 4 aromatic carbocycles. The molecule has 584 valence electrons. The van der Waals surface area contributed by atoms with Crippen LogP contribution in [-0.4, -0.2) is 119 Å². The predicted molar refractivity (Wildman–Crippen MR) is 396 cm³/mol. The normalized spacial score (nSPS) is 11.8. The van der Waals surface area contributed by atoms with Crippen LogP contribution in [-0.2, 0) is 58.1 Å². The molecule has 3 N–H and O–H groups in total. The van der Waals surface area contributed by atoms with E-state index in [1.807, 2.05) is 18.2 Å². The summed E-state index contributed by atoms with van der Waals surface area (Å²) in [5.74, 6) is -2.42. The number of hydrogen-bond donors (Lipinski definition) is 3. The van der Waals surface area contributed by atoms with Crippen LogP contribution < -0.4 is 28.4 Å². The minimum absolute atomic E-state index is 0.00438. The molecule has 5 heterocycles. The van der Waals surface area contributed by atoms with E-state index in [-0.39, 0.29) is 43.6 Å². The van der Waals surface area contributed by atoms with E-state index in [4.69, 9.17) is 79.1 Å². The van der Waals surface area contributed by atoms with Gasteiger partial charge in [-0.1, -0.05) is 99.9 Å². The molecule has 0 atom stereocenters. The highest BCUT2D eigenvalue weighted by molar-refractivity contribution is 7.93. The monoisotopic (exact) mass is 1700 g/mol. The van der Waals surface area contributed by atoms with Crippen molar-refractivity contribution in [2.75, 3.05) is 56.1 Å². The van der Waals surface area contributed by atoms with Crippen molar-refractivity contribution in [1.29, 1.82) is 0 Å². The van der Waals surface area contributed by atoms with Crippen molar-refractivity contribution in [3.05, 3.63) is 234 Å². The van der Waals surface area contributed by atoms with Gasteiger partial charge in [0.05, 0.1) is 78.6 Å². The summed E-state index contributed by atoms with van der Waals surface area (Å²) in [6, 6.07) is 29.3. The Morgan fingerprint density at radius 3 is 1.19 bits per heavy atom. The van der Waals surface area contributed by atoms with E-state index in [9.17, 15) is 84.3 Å². The molecule has 5 aromatic heterocycles. The van der Waals surface area contributed by atoms with Crippen LogP contribution in [0.15, 0.2) is 185 Å². The van der Waals surface area contributed by atoms with Crippen LogP contribution in [0.2, 0.25) is 30.1 Å². The molecule has 0 aliphatic rings. The number of carboxylic acids is 1. The molecule has 0 unspecified atom stereocenters. The number of sulfonamides is 3. The zero-order chi connectivity index (χ0) is 81.5. The van der Waals surface area contributed by atoms with Crippen LogP contribution >= 0.6 is 69.6 Å². The number of alkyl halides is 9. The van der Waals surface area contributed by atoms with Gasteiger partial charge in [0.15, 0.2) is 17.1 Å². The number of nitrogens with one attached hydrogen (secondary N) is 2. The van der Waals surface area contributed by atoms with Crippen molar-refractivity contribution in [3.8, 4) is 0 Å². The summed E-state index contributed by atoms with van der Waals surface area (Å²) >= 11 is 34.6. The minimum atomic E-state index is -4.91. The van der Waals surface area contributed by atoms with E-state index in [0.29, 0.717) is 38.7 Å². The number of nitrogens with zero attached hydrogens (tertiary/aromatic N) is 9. The number of carbonyl (C=O) groups is 3. The number of aromatic carboxylic acids is 1. The van der Waals surface area contributed by atoms with Gasteiger partial charge < -0.3 is 19.9 Å². The van der Waals surface area contributed by atoms with E-state index in [1.165, 1.54) is 35.0 Å². The Morgan fingerprint density at radius 1 is 0.468 bits per heavy atom.